The minimum Gasteiger partial charge on any atom is -0.478 e. The summed E-state index contributed by atoms with van der Waals surface area (Å²) in [6, 6.07) is 8.73. The highest BCUT2D eigenvalue weighted by atomic mass is 35.5. The van der Waals surface area contributed by atoms with E-state index in [0.29, 0.717) is 6.54 Å². The number of imidazole rings is 1. The average molecular weight is 293 g/mol. The van der Waals surface area contributed by atoms with Crippen LogP contribution in [0.25, 0.3) is 11.0 Å². The van der Waals surface area contributed by atoms with Gasteiger partial charge in [0, 0.05) is 4.88 Å². The third-order valence-corrected chi connectivity index (χ3v) is 4.04. The van der Waals surface area contributed by atoms with Gasteiger partial charge in [-0.3, -0.25) is 0 Å². The number of rotatable bonds is 3. The highest BCUT2D eigenvalue weighted by Crippen LogP contribution is 2.24. The van der Waals surface area contributed by atoms with Crippen molar-refractivity contribution in [2.75, 3.05) is 0 Å². The third kappa shape index (κ3) is 2.34. The van der Waals surface area contributed by atoms with E-state index in [2.05, 4.69) is 4.98 Å². The summed E-state index contributed by atoms with van der Waals surface area (Å²) in [6.45, 7) is 0.636. The Bertz CT molecular complexity index is 763. The first-order valence-corrected chi connectivity index (χ1v) is 6.75. The Hall–Kier alpha value is -1.85. The molecule has 0 aliphatic carbocycles. The molecule has 0 spiro atoms. The van der Waals surface area contributed by atoms with Gasteiger partial charge in [-0.15, -0.1) is 11.3 Å². The van der Waals surface area contributed by atoms with E-state index in [9.17, 15) is 4.79 Å². The minimum absolute atomic E-state index is 0.262. The summed E-state index contributed by atoms with van der Waals surface area (Å²) in [4.78, 5) is 16.4. The molecule has 2 heterocycles. The standard InChI is InChI=1S/C13H9ClN2O2S/c14-12-4-2-9(19-12)6-16-7-15-10-3-1-8(13(17)18)5-11(10)16/h1-5,7H,6H2,(H,17,18). The summed E-state index contributed by atoms with van der Waals surface area (Å²) in [5.74, 6) is -0.936. The molecule has 0 amide bonds. The van der Waals surface area contributed by atoms with E-state index in [1.165, 1.54) is 11.3 Å². The summed E-state index contributed by atoms with van der Waals surface area (Å²) < 4.78 is 2.66. The Kier molecular flexibility index (Phi) is 3.00. The van der Waals surface area contributed by atoms with E-state index in [1.54, 1.807) is 24.5 Å². The molecule has 0 bridgehead atoms. The van der Waals surface area contributed by atoms with Crippen LogP contribution in [0.4, 0.5) is 0 Å². The number of benzene rings is 1. The molecule has 1 N–H and O–H groups in total. The van der Waals surface area contributed by atoms with Crippen molar-refractivity contribution in [2.24, 2.45) is 0 Å². The molecule has 0 fully saturated rings. The van der Waals surface area contributed by atoms with Crippen LogP contribution in [0.15, 0.2) is 36.7 Å². The van der Waals surface area contributed by atoms with Gasteiger partial charge in [0.2, 0.25) is 0 Å². The number of carboxylic acid groups (broad SMARTS) is 1. The molecule has 6 heteroatoms. The number of halogens is 1. The highest BCUT2D eigenvalue weighted by Gasteiger charge is 2.09. The lowest BCUT2D eigenvalue weighted by Crippen LogP contribution is -1.99. The monoisotopic (exact) mass is 292 g/mol. The fraction of sp³-hybridized carbons (Fsp3) is 0.0769. The Morgan fingerprint density at radius 2 is 2.21 bits per heavy atom. The van der Waals surface area contributed by atoms with Crippen LogP contribution in [0.3, 0.4) is 0 Å². The zero-order valence-corrected chi connectivity index (χ0v) is 11.3. The van der Waals surface area contributed by atoms with Gasteiger partial charge in [0.1, 0.15) is 0 Å². The predicted molar refractivity (Wildman–Crippen MR) is 75.1 cm³/mol. The number of hydrogen-bond acceptors (Lipinski definition) is 3. The topological polar surface area (TPSA) is 55.1 Å². The first kappa shape index (κ1) is 12.2. The smallest absolute Gasteiger partial charge is 0.335 e. The van der Waals surface area contributed by atoms with Crippen molar-refractivity contribution >= 4 is 39.9 Å². The Morgan fingerprint density at radius 1 is 1.37 bits per heavy atom. The Balaban J connectivity index is 2.03. The van der Waals surface area contributed by atoms with Crippen molar-refractivity contribution in [3.05, 3.63) is 51.4 Å². The fourth-order valence-corrected chi connectivity index (χ4v) is 3.01. The quantitative estimate of drug-likeness (QED) is 0.804. The first-order valence-electron chi connectivity index (χ1n) is 5.56. The summed E-state index contributed by atoms with van der Waals surface area (Å²) in [5, 5.41) is 9.02. The molecule has 96 valence electrons. The SMILES string of the molecule is O=C(O)c1ccc2ncn(Cc3ccc(Cl)s3)c2c1. The maximum atomic E-state index is 11.0. The largest absolute Gasteiger partial charge is 0.478 e. The molecule has 0 saturated carbocycles. The van der Waals surface area contributed by atoms with Crippen molar-refractivity contribution < 1.29 is 9.90 Å². The lowest BCUT2D eigenvalue weighted by molar-refractivity contribution is 0.0697. The van der Waals surface area contributed by atoms with E-state index in [-0.39, 0.29) is 5.56 Å². The van der Waals surface area contributed by atoms with Gasteiger partial charge >= 0.3 is 5.97 Å². The molecule has 19 heavy (non-hydrogen) atoms. The number of aromatic carboxylic acids is 1. The minimum atomic E-state index is -0.936. The number of hydrogen-bond donors (Lipinski definition) is 1. The number of thiophene rings is 1. The molecule has 0 radical (unpaired) electrons. The maximum Gasteiger partial charge on any atom is 0.335 e. The number of nitrogens with zero attached hydrogens (tertiary/aromatic N) is 2. The summed E-state index contributed by atoms with van der Waals surface area (Å²) in [5.41, 5.74) is 1.86. The van der Waals surface area contributed by atoms with E-state index in [4.69, 9.17) is 16.7 Å². The average Bonchev–Trinajstić information content (AvgIpc) is 2.96. The van der Waals surface area contributed by atoms with Crippen molar-refractivity contribution in [3.8, 4) is 0 Å². The van der Waals surface area contributed by atoms with Gasteiger partial charge in [0.05, 0.1) is 33.8 Å². The van der Waals surface area contributed by atoms with Crippen LogP contribution in [0.2, 0.25) is 4.34 Å². The van der Waals surface area contributed by atoms with Crippen LogP contribution in [0.5, 0.6) is 0 Å². The van der Waals surface area contributed by atoms with Crippen LogP contribution in [0, 0.1) is 0 Å². The van der Waals surface area contributed by atoms with Crippen LogP contribution < -0.4 is 0 Å². The highest BCUT2D eigenvalue weighted by molar-refractivity contribution is 7.16. The zero-order chi connectivity index (χ0) is 13.4. The van der Waals surface area contributed by atoms with E-state index in [0.717, 1.165) is 20.2 Å². The summed E-state index contributed by atoms with van der Waals surface area (Å²) in [6.07, 6.45) is 1.71. The molecular formula is C13H9ClN2O2S. The summed E-state index contributed by atoms with van der Waals surface area (Å²) >= 11 is 7.41. The van der Waals surface area contributed by atoms with Crippen molar-refractivity contribution in [3.63, 3.8) is 0 Å². The molecule has 2 aromatic heterocycles. The molecule has 0 atom stereocenters. The second-order valence-corrected chi connectivity index (χ2v) is 5.89. The molecular weight excluding hydrogens is 284 g/mol. The number of fused-ring (bicyclic) bond motifs is 1. The van der Waals surface area contributed by atoms with Crippen LogP contribution in [-0.2, 0) is 6.54 Å². The predicted octanol–water partition coefficient (Wildman–Crippen LogP) is 3.50. The molecule has 0 saturated heterocycles. The van der Waals surface area contributed by atoms with E-state index in [1.807, 2.05) is 16.7 Å². The fourth-order valence-electron chi connectivity index (χ4n) is 1.92. The lowest BCUT2D eigenvalue weighted by Gasteiger charge is -2.02. The van der Waals surface area contributed by atoms with E-state index < -0.39 is 5.97 Å². The second kappa shape index (κ2) is 4.68. The van der Waals surface area contributed by atoms with Crippen LogP contribution in [0.1, 0.15) is 15.2 Å². The van der Waals surface area contributed by atoms with Gasteiger partial charge < -0.3 is 9.67 Å². The molecule has 4 nitrogen and oxygen atoms in total. The molecule has 1 aromatic carbocycles. The number of carboxylic acids is 1. The lowest BCUT2D eigenvalue weighted by atomic mass is 10.2. The molecule has 3 rings (SSSR count). The van der Waals surface area contributed by atoms with Crippen molar-refractivity contribution in [1.82, 2.24) is 9.55 Å². The first-order chi connectivity index (χ1) is 9.13. The van der Waals surface area contributed by atoms with Gasteiger partial charge in [-0.25, -0.2) is 9.78 Å². The summed E-state index contributed by atoms with van der Waals surface area (Å²) in [7, 11) is 0. The van der Waals surface area contributed by atoms with E-state index >= 15 is 0 Å². The molecule has 3 aromatic rings. The van der Waals surface area contributed by atoms with Crippen molar-refractivity contribution in [2.45, 2.75) is 6.54 Å². The van der Waals surface area contributed by atoms with Crippen LogP contribution >= 0.6 is 22.9 Å². The van der Waals surface area contributed by atoms with Gasteiger partial charge in [0.25, 0.3) is 0 Å². The second-order valence-electron chi connectivity index (χ2n) is 4.09. The molecule has 0 unspecified atom stereocenters. The van der Waals surface area contributed by atoms with Crippen molar-refractivity contribution in [1.29, 1.82) is 0 Å². The van der Waals surface area contributed by atoms with Crippen LogP contribution in [-0.4, -0.2) is 20.6 Å². The number of aromatic nitrogens is 2. The zero-order valence-electron chi connectivity index (χ0n) is 9.71. The number of carbonyl (C=O) groups is 1. The normalized spacial score (nSPS) is 11.0. The Labute approximate surface area is 117 Å². The maximum absolute atomic E-state index is 11.0. The van der Waals surface area contributed by atoms with Gasteiger partial charge in [0.15, 0.2) is 0 Å². The van der Waals surface area contributed by atoms with Gasteiger partial charge in [-0.05, 0) is 30.3 Å². The molecule has 0 aliphatic heterocycles. The third-order valence-electron chi connectivity index (χ3n) is 2.82. The van der Waals surface area contributed by atoms with Gasteiger partial charge in [-0.2, -0.15) is 0 Å². The van der Waals surface area contributed by atoms with Gasteiger partial charge in [-0.1, -0.05) is 11.6 Å². The molecule has 0 aliphatic rings. The Morgan fingerprint density at radius 3 is 2.89 bits per heavy atom.